The molecule has 10 heteroatoms. The molecule has 0 spiro atoms. The summed E-state index contributed by atoms with van der Waals surface area (Å²) < 4.78 is 11.8. The second-order valence-corrected chi connectivity index (χ2v) is 10.1. The number of H-pyrrole nitrogens is 1. The van der Waals surface area contributed by atoms with Crippen LogP contribution in [0.25, 0.3) is 32.9 Å². The van der Waals surface area contributed by atoms with Crippen LogP contribution in [0.1, 0.15) is 18.4 Å². The molecule has 6 rings (SSSR count). The van der Waals surface area contributed by atoms with E-state index in [1.54, 1.807) is 4.90 Å². The first-order valence-electron chi connectivity index (χ1n) is 12.9. The van der Waals surface area contributed by atoms with E-state index in [0.29, 0.717) is 43.8 Å². The van der Waals surface area contributed by atoms with Crippen molar-refractivity contribution in [3.63, 3.8) is 0 Å². The number of benzene rings is 2. The number of carbonyl (C=O) groups excluding carboxylic acids is 1. The highest BCUT2D eigenvalue weighted by molar-refractivity contribution is 6.35. The van der Waals surface area contributed by atoms with Gasteiger partial charge in [-0.25, -0.2) is 0 Å². The summed E-state index contributed by atoms with van der Waals surface area (Å²) in [7, 11) is 0. The molecule has 196 valence electrons. The van der Waals surface area contributed by atoms with Gasteiger partial charge >= 0.3 is 6.01 Å². The lowest BCUT2D eigenvalue weighted by Gasteiger charge is -2.35. The Morgan fingerprint density at radius 3 is 2.82 bits per heavy atom. The SMILES string of the molecule is C=CC(=O)N1CCN(c2nc(OC3CCCOC3)nc3cc(-c4c(C)ccc5[nH]ncc45)c(Cl)cc23)CC1. The maximum Gasteiger partial charge on any atom is 0.319 e. The normalized spacial score (nSPS) is 18.2. The van der Waals surface area contributed by atoms with E-state index in [4.69, 9.17) is 31.0 Å². The number of nitrogens with one attached hydrogen (secondary N) is 1. The Morgan fingerprint density at radius 1 is 1.21 bits per heavy atom. The number of fused-ring (bicyclic) bond motifs is 2. The zero-order chi connectivity index (χ0) is 26.2. The average molecular weight is 533 g/mol. The highest BCUT2D eigenvalue weighted by atomic mass is 35.5. The van der Waals surface area contributed by atoms with Crippen LogP contribution in [0.15, 0.2) is 43.1 Å². The van der Waals surface area contributed by atoms with Crippen LogP contribution in [0.3, 0.4) is 0 Å². The number of amides is 1. The van der Waals surface area contributed by atoms with E-state index in [-0.39, 0.29) is 12.0 Å². The zero-order valence-electron chi connectivity index (χ0n) is 21.2. The van der Waals surface area contributed by atoms with Crippen molar-refractivity contribution in [2.45, 2.75) is 25.9 Å². The fourth-order valence-corrected chi connectivity index (χ4v) is 5.56. The third-order valence-electron chi connectivity index (χ3n) is 7.30. The number of carbonyl (C=O) groups is 1. The van der Waals surface area contributed by atoms with Gasteiger partial charge in [-0.3, -0.25) is 9.89 Å². The largest absolute Gasteiger partial charge is 0.458 e. The molecule has 1 N–H and O–H groups in total. The summed E-state index contributed by atoms with van der Waals surface area (Å²) in [6.07, 6.45) is 4.93. The summed E-state index contributed by atoms with van der Waals surface area (Å²) in [5, 5.41) is 9.72. The number of piperazine rings is 1. The molecule has 2 aromatic carbocycles. The molecule has 0 aliphatic carbocycles. The average Bonchev–Trinajstić information content (AvgIpc) is 3.42. The maximum atomic E-state index is 12.1. The number of nitrogens with zero attached hydrogens (tertiary/aromatic N) is 5. The van der Waals surface area contributed by atoms with Gasteiger partial charge in [-0.15, -0.1) is 0 Å². The number of anilines is 1. The van der Waals surface area contributed by atoms with Crippen molar-refractivity contribution in [3.05, 3.63) is 53.7 Å². The molecule has 1 atom stereocenters. The first-order chi connectivity index (χ1) is 18.5. The molecule has 2 aliphatic heterocycles. The summed E-state index contributed by atoms with van der Waals surface area (Å²) in [6.45, 7) is 9.36. The van der Waals surface area contributed by atoms with Gasteiger partial charge in [0.1, 0.15) is 11.9 Å². The molecule has 0 radical (unpaired) electrons. The van der Waals surface area contributed by atoms with Gasteiger partial charge in [0.25, 0.3) is 0 Å². The van der Waals surface area contributed by atoms with Gasteiger partial charge in [-0.05, 0) is 55.2 Å². The number of ether oxygens (including phenoxy) is 2. The number of rotatable bonds is 5. The second kappa shape index (κ2) is 10.2. The summed E-state index contributed by atoms with van der Waals surface area (Å²) in [5.74, 6) is 0.689. The molecule has 4 heterocycles. The van der Waals surface area contributed by atoms with E-state index < -0.39 is 0 Å². The van der Waals surface area contributed by atoms with Crippen LogP contribution in [0.5, 0.6) is 6.01 Å². The van der Waals surface area contributed by atoms with Crippen LogP contribution >= 0.6 is 11.6 Å². The number of hydrogen-bond acceptors (Lipinski definition) is 7. The Bertz CT molecular complexity index is 1520. The lowest BCUT2D eigenvalue weighted by atomic mass is 9.96. The number of aromatic nitrogens is 4. The minimum absolute atomic E-state index is 0.0602. The highest BCUT2D eigenvalue weighted by Gasteiger charge is 2.25. The summed E-state index contributed by atoms with van der Waals surface area (Å²) in [5.41, 5.74) is 4.67. The van der Waals surface area contributed by atoms with Gasteiger partial charge < -0.3 is 19.3 Å². The van der Waals surface area contributed by atoms with E-state index in [2.05, 4.69) is 34.7 Å². The third kappa shape index (κ3) is 4.56. The van der Waals surface area contributed by atoms with Crippen LogP contribution in [0.4, 0.5) is 5.82 Å². The Balaban J connectivity index is 1.45. The minimum Gasteiger partial charge on any atom is -0.458 e. The molecule has 38 heavy (non-hydrogen) atoms. The number of hydrogen-bond donors (Lipinski definition) is 1. The summed E-state index contributed by atoms with van der Waals surface area (Å²) in [4.78, 5) is 25.8. The van der Waals surface area contributed by atoms with Gasteiger partial charge in [0.05, 0.1) is 23.8 Å². The van der Waals surface area contributed by atoms with Gasteiger partial charge in [-0.2, -0.15) is 15.1 Å². The van der Waals surface area contributed by atoms with Crippen molar-refractivity contribution in [3.8, 4) is 17.1 Å². The second-order valence-electron chi connectivity index (χ2n) is 9.74. The van der Waals surface area contributed by atoms with E-state index in [0.717, 1.165) is 63.8 Å². The lowest BCUT2D eigenvalue weighted by molar-refractivity contribution is -0.126. The van der Waals surface area contributed by atoms with E-state index in [9.17, 15) is 4.79 Å². The number of halogens is 1. The number of aryl methyl sites for hydroxylation is 1. The Kier molecular flexibility index (Phi) is 6.63. The van der Waals surface area contributed by atoms with E-state index in [1.807, 2.05) is 24.4 Å². The van der Waals surface area contributed by atoms with Crippen LogP contribution in [0.2, 0.25) is 5.02 Å². The molecule has 2 saturated heterocycles. The minimum atomic E-state index is -0.0928. The predicted molar refractivity (Wildman–Crippen MR) is 148 cm³/mol. The van der Waals surface area contributed by atoms with Crippen molar-refractivity contribution in [2.75, 3.05) is 44.3 Å². The fraction of sp³-hybridized carbons (Fsp3) is 0.357. The van der Waals surface area contributed by atoms with E-state index in [1.165, 1.54) is 6.08 Å². The van der Waals surface area contributed by atoms with E-state index >= 15 is 0 Å². The lowest BCUT2D eigenvalue weighted by Crippen LogP contribution is -2.48. The molecular weight excluding hydrogens is 504 g/mol. The Labute approximate surface area is 225 Å². The van der Waals surface area contributed by atoms with Crippen molar-refractivity contribution < 1.29 is 14.3 Å². The van der Waals surface area contributed by atoms with Gasteiger partial charge in [0.2, 0.25) is 5.91 Å². The Morgan fingerprint density at radius 2 is 2.05 bits per heavy atom. The van der Waals surface area contributed by atoms with Crippen LogP contribution < -0.4 is 9.64 Å². The number of aromatic amines is 1. The summed E-state index contributed by atoms with van der Waals surface area (Å²) in [6, 6.07) is 8.35. The van der Waals surface area contributed by atoms with Crippen LogP contribution in [-0.2, 0) is 9.53 Å². The molecule has 4 aromatic rings. The van der Waals surface area contributed by atoms with Crippen molar-refractivity contribution in [2.24, 2.45) is 0 Å². The quantitative estimate of drug-likeness (QED) is 0.377. The molecule has 0 saturated carbocycles. The van der Waals surface area contributed by atoms with Gasteiger partial charge in [0, 0.05) is 54.1 Å². The fourth-order valence-electron chi connectivity index (χ4n) is 5.30. The first kappa shape index (κ1) is 24.6. The molecular formula is C28H29ClN6O3. The van der Waals surface area contributed by atoms with Gasteiger partial charge in [-0.1, -0.05) is 24.2 Å². The molecule has 2 aliphatic rings. The maximum absolute atomic E-state index is 12.1. The zero-order valence-corrected chi connectivity index (χ0v) is 22.0. The van der Waals surface area contributed by atoms with Crippen molar-refractivity contribution in [1.82, 2.24) is 25.1 Å². The van der Waals surface area contributed by atoms with Crippen LogP contribution in [0, 0.1) is 6.92 Å². The van der Waals surface area contributed by atoms with Crippen molar-refractivity contribution >= 4 is 45.1 Å². The van der Waals surface area contributed by atoms with Crippen molar-refractivity contribution in [1.29, 1.82) is 0 Å². The monoisotopic (exact) mass is 532 g/mol. The molecule has 0 bridgehead atoms. The molecule has 9 nitrogen and oxygen atoms in total. The standard InChI is InChI=1S/C28H29ClN6O3/c1-3-25(36)34-8-10-35(11-9-34)27-20-13-22(29)19(26-17(2)6-7-23-21(26)15-30-33-23)14-24(20)31-28(32-27)38-18-5-4-12-37-16-18/h3,6-7,13-15,18H,1,4-5,8-12,16H2,2H3,(H,30,33). The highest BCUT2D eigenvalue weighted by Crippen LogP contribution is 2.40. The molecule has 2 fully saturated rings. The smallest absolute Gasteiger partial charge is 0.319 e. The molecule has 1 amide bonds. The van der Waals surface area contributed by atoms with Gasteiger partial charge in [0.15, 0.2) is 0 Å². The third-order valence-corrected chi connectivity index (χ3v) is 7.61. The summed E-state index contributed by atoms with van der Waals surface area (Å²) >= 11 is 6.95. The Hall–Kier alpha value is -3.69. The topological polar surface area (TPSA) is 96.5 Å². The molecule has 1 unspecified atom stereocenters. The first-order valence-corrected chi connectivity index (χ1v) is 13.2. The van der Waals surface area contributed by atoms with Crippen LogP contribution in [-0.4, -0.2) is 76.5 Å². The molecule has 2 aromatic heterocycles. The predicted octanol–water partition coefficient (Wildman–Crippen LogP) is 4.53.